The van der Waals surface area contributed by atoms with Crippen LogP contribution < -0.4 is 10.5 Å². The number of aromatic nitrogens is 4. The lowest BCUT2D eigenvalue weighted by atomic mass is 10.1. The standard InChI is InChI=1S/C25H25ClN6O2/c1-17-7-8-18(26)15-21(17)30-11-13-31(14-12-30)23(33)10-9-22-28-24-20(25(34)29-22)16-27-32(24)19-5-3-2-4-6-19/h2-8,15-16H,9-14H2,1H3,(H,28,29,34). The Kier molecular flexibility index (Phi) is 6.06. The highest BCUT2D eigenvalue weighted by atomic mass is 35.5. The van der Waals surface area contributed by atoms with E-state index < -0.39 is 0 Å². The van der Waals surface area contributed by atoms with E-state index in [4.69, 9.17) is 11.6 Å². The largest absolute Gasteiger partial charge is 0.368 e. The third-order valence-corrected chi connectivity index (χ3v) is 6.44. The van der Waals surface area contributed by atoms with Gasteiger partial charge in [-0.1, -0.05) is 35.9 Å². The molecule has 2 aromatic heterocycles. The Labute approximate surface area is 201 Å². The van der Waals surface area contributed by atoms with E-state index in [9.17, 15) is 9.59 Å². The van der Waals surface area contributed by atoms with E-state index in [2.05, 4.69) is 26.9 Å². The third-order valence-electron chi connectivity index (χ3n) is 6.21. The van der Waals surface area contributed by atoms with E-state index in [1.807, 2.05) is 53.4 Å². The van der Waals surface area contributed by atoms with Gasteiger partial charge in [-0.2, -0.15) is 5.10 Å². The summed E-state index contributed by atoms with van der Waals surface area (Å²) in [5, 5.41) is 5.46. The fraction of sp³-hybridized carbons (Fsp3) is 0.280. The van der Waals surface area contributed by atoms with Gasteiger partial charge in [0.2, 0.25) is 5.91 Å². The van der Waals surface area contributed by atoms with Gasteiger partial charge in [0.25, 0.3) is 5.56 Å². The average molecular weight is 477 g/mol. The van der Waals surface area contributed by atoms with Crippen LogP contribution in [0.2, 0.25) is 5.02 Å². The lowest BCUT2D eigenvalue weighted by Gasteiger charge is -2.37. The van der Waals surface area contributed by atoms with Gasteiger partial charge in [0, 0.05) is 49.7 Å². The number of carbonyl (C=O) groups is 1. The molecule has 3 heterocycles. The van der Waals surface area contributed by atoms with Crippen LogP contribution in [0.3, 0.4) is 0 Å². The molecule has 0 aliphatic carbocycles. The summed E-state index contributed by atoms with van der Waals surface area (Å²) >= 11 is 6.17. The number of H-pyrrole nitrogens is 1. The minimum Gasteiger partial charge on any atom is -0.368 e. The molecule has 1 N–H and O–H groups in total. The van der Waals surface area contributed by atoms with Crippen LogP contribution in [0.5, 0.6) is 0 Å². The first-order chi connectivity index (χ1) is 16.5. The first kappa shape index (κ1) is 22.2. The number of aryl methyl sites for hydroxylation is 2. The van der Waals surface area contributed by atoms with E-state index in [1.54, 1.807) is 4.68 Å². The Morgan fingerprint density at radius 1 is 1.09 bits per heavy atom. The fourth-order valence-electron chi connectivity index (χ4n) is 4.34. The van der Waals surface area contributed by atoms with E-state index in [0.29, 0.717) is 41.4 Å². The highest BCUT2D eigenvalue weighted by Crippen LogP contribution is 2.25. The minimum absolute atomic E-state index is 0.0572. The van der Waals surface area contributed by atoms with Crippen molar-refractivity contribution >= 4 is 34.2 Å². The number of fused-ring (bicyclic) bond motifs is 1. The SMILES string of the molecule is Cc1ccc(Cl)cc1N1CCN(C(=O)CCc2nc3c(cnn3-c3ccccc3)c(=O)[nH]2)CC1. The van der Waals surface area contributed by atoms with Gasteiger partial charge in [-0.15, -0.1) is 0 Å². The van der Waals surface area contributed by atoms with E-state index >= 15 is 0 Å². The summed E-state index contributed by atoms with van der Waals surface area (Å²) in [6.45, 7) is 4.87. The number of hydrogen-bond acceptors (Lipinski definition) is 5. The quantitative estimate of drug-likeness (QED) is 0.477. The Balaban J connectivity index is 1.25. The Hall–Kier alpha value is -3.65. The number of para-hydroxylation sites is 1. The number of benzene rings is 2. The first-order valence-corrected chi connectivity index (χ1v) is 11.7. The van der Waals surface area contributed by atoms with Crippen molar-refractivity contribution in [3.05, 3.63) is 81.5 Å². The molecule has 0 unspecified atom stereocenters. The molecule has 1 aliphatic heterocycles. The zero-order chi connectivity index (χ0) is 23.7. The predicted octanol–water partition coefficient (Wildman–Crippen LogP) is 3.35. The topological polar surface area (TPSA) is 87.1 Å². The molecule has 5 rings (SSSR count). The lowest BCUT2D eigenvalue weighted by molar-refractivity contribution is -0.131. The summed E-state index contributed by atoms with van der Waals surface area (Å²) in [7, 11) is 0. The second-order valence-corrected chi connectivity index (χ2v) is 8.88. The number of halogens is 1. The van der Waals surface area contributed by atoms with Crippen molar-refractivity contribution in [2.24, 2.45) is 0 Å². The highest BCUT2D eigenvalue weighted by molar-refractivity contribution is 6.30. The summed E-state index contributed by atoms with van der Waals surface area (Å²) in [6.07, 6.45) is 2.16. The number of hydrogen-bond donors (Lipinski definition) is 1. The van der Waals surface area contributed by atoms with Crippen molar-refractivity contribution in [2.75, 3.05) is 31.1 Å². The monoisotopic (exact) mass is 476 g/mol. The number of piperazine rings is 1. The van der Waals surface area contributed by atoms with E-state index in [-0.39, 0.29) is 17.9 Å². The molecule has 4 aromatic rings. The number of rotatable bonds is 5. The third kappa shape index (κ3) is 4.41. The maximum atomic E-state index is 12.9. The zero-order valence-corrected chi connectivity index (χ0v) is 19.6. The van der Waals surface area contributed by atoms with Gasteiger partial charge in [0.05, 0.1) is 11.9 Å². The molecular weight excluding hydrogens is 452 g/mol. The highest BCUT2D eigenvalue weighted by Gasteiger charge is 2.22. The molecule has 9 heteroatoms. The molecule has 2 aromatic carbocycles. The Morgan fingerprint density at radius 3 is 2.62 bits per heavy atom. The van der Waals surface area contributed by atoms with Gasteiger partial charge in [-0.3, -0.25) is 9.59 Å². The van der Waals surface area contributed by atoms with Crippen LogP contribution in [0.1, 0.15) is 17.8 Å². The van der Waals surface area contributed by atoms with Gasteiger partial charge < -0.3 is 14.8 Å². The Bertz CT molecular complexity index is 1390. The smallest absolute Gasteiger partial charge is 0.262 e. The van der Waals surface area contributed by atoms with Crippen LogP contribution in [0, 0.1) is 6.92 Å². The minimum atomic E-state index is -0.250. The zero-order valence-electron chi connectivity index (χ0n) is 18.9. The Morgan fingerprint density at radius 2 is 1.85 bits per heavy atom. The summed E-state index contributed by atoms with van der Waals surface area (Å²) in [6, 6.07) is 15.4. The lowest BCUT2D eigenvalue weighted by Crippen LogP contribution is -2.49. The number of nitrogens with zero attached hydrogens (tertiary/aromatic N) is 5. The van der Waals surface area contributed by atoms with Crippen LogP contribution in [-0.4, -0.2) is 56.7 Å². The van der Waals surface area contributed by atoms with E-state index in [0.717, 1.165) is 24.5 Å². The number of carbonyl (C=O) groups excluding carboxylic acids is 1. The summed E-state index contributed by atoms with van der Waals surface area (Å²) in [5.41, 5.74) is 3.35. The second kappa shape index (κ2) is 9.30. The summed E-state index contributed by atoms with van der Waals surface area (Å²) in [5.74, 6) is 0.540. The molecule has 34 heavy (non-hydrogen) atoms. The molecule has 0 bridgehead atoms. The van der Waals surface area contributed by atoms with Crippen LogP contribution >= 0.6 is 11.6 Å². The number of aromatic amines is 1. The van der Waals surface area contributed by atoms with Gasteiger partial charge >= 0.3 is 0 Å². The van der Waals surface area contributed by atoms with Crippen molar-refractivity contribution in [2.45, 2.75) is 19.8 Å². The predicted molar refractivity (Wildman–Crippen MR) is 133 cm³/mol. The van der Waals surface area contributed by atoms with Crippen molar-refractivity contribution in [3.63, 3.8) is 0 Å². The molecule has 1 fully saturated rings. The molecule has 0 atom stereocenters. The van der Waals surface area contributed by atoms with Gasteiger partial charge in [0.1, 0.15) is 11.2 Å². The number of amides is 1. The maximum Gasteiger partial charge on any atom is 0.262 e. The normalized spacial score (nSPS) is 14.1. The summed E-state index contributed by atoms with van der Waals surface area (Å²) < 4.78 is 1.65. The van der Waals surface area contributed by atoms with Crippen molar-refractivity contribution in [1.29, 1.82) is 0 Å². The molecule has 8 nitrogen and oxygen atoms in total. The van der Waals surface area contributed by atoms with Gasteiger partial charge in [0.15, 0.2) is 5.65 Å². The first-order valence-electron chi connectivity index (χ1n) is 11.3. The van der Waals surface area contributed by atoms with Crippen LogP contribution in [0.15, 0.2) is 59.5 Å². The molecule has 1 saturated heterocycles. The molecule has 0 radical (unpaired) electrons. The second-order valence-electron chi connectivity index (χ2n) is 8.44. The molecule has 1 amide bonds. The van der Waals surface area contributed by atoms with Crippen LogP contribution in [-0.2, 0) is 11.2 Å². The fourth-order valence-corrected chi connectivity index (χ4v) is 4.51. The van der Waals surface area contributed by atoms with Crippen LogP contribution in [0.25, 0.3) is 16.7 Å². The number of nitrogens with one attached hydrogen (secondary N) is 1. The molecule has 174 valence electrons. The van der Waals surface area contributed by atoms with E-state index in [1.165, 1.54) is 11.8 Å². The molecule has 0 spiro atoms. The molecule has 1 aliphatic rings. The molecular formula is C25H25ClN6O2. The van der Waals surface area contributed by atoms with Gasteiger partial charge in [-0.05, 0) is 36.8 Å². The van der Waals surface area contributed by atoms with Crippen molar-refractivity contribution < 1.29 is 4.79 Å². The average Bonchev–Trinajstić information content (AvgIpc) is 3.29. The summed E-state index contributed by atoms with van der Waals surface area (Å²) in [4.78, 5) is 37.0. The maximum absolute atomic E-state index is 12.9. The van der Waals surface area contributed by atoms with Crippen molar-refractivity contribution in [3.8, 4) is 5.69 Å². The number of anilines is 1. The van der Waals surface area contributed by atoms with Gasteiger partial charge in [-0.25, -0.2) is 9.67 Å². The molecule has 0 saturated carbocycles. The van der Waals surface area contributed by atoms with Crippen molar-refractivity contribution in [1.82, 2.24) is 24.6 Å². The van der Waals surface area contributed by atoms with Crippen LogP contribution in [0.4, 0.5) is 5.69 Å².